The van der Waals surface area contributed by atoms with E-state index in [9.17, 15) is 8.42 Å². The van der Waals surface area contributed by atoms with Gasteiger partial charge in [-0.1, -0.05) is 13.0 Å². The fourth-order valence-electron chi connectivity index (χ4n) is 3.20. The lowest BCUT2D eigenvalue weighted by molar-refractivity contribution is 0.256. The first kappa shape index (κ1) is 16.3. The molecule has 0 spiro atoms. The van der Waals surface area contributed by atoms with Gasteiger partial charge >= 0.3 is 0 Å². The van der Waals surface area contributed by atoms with Gasteiger partial charge in [-0.25, -0.2) is 8.42 Å². The molecule has 1 aromatic heterocycles. The van der Waals surface area contributed by atoms with E-state index in [2.05, 4.69) is 29.2 Å². The van der Waals surface area contributed by atoms with E-state index in [0.717, 1.165) is 24.2 Å². The second-order valence-corrected chi connectivity index (χ2v) is 8.56. The van der Waals surface area contributed by atoms with Gasteiger partial charge in [-0.3, -0.25) is 0 Å². The average molecular weight is 332 g/mol. The minimum atomic E-state index is -3.09. The van der Waals surface area contributed by atoms with Crippen LogP contribution in [0.15, 0.2) is 29.8 Å². The Morgan fingerprint density at radius 3 is 2.74 bits per heavy atom. The number of nitrogens with one attached hydrogen (secondary N) is 1. The SMILES string of the molecule is CCS(=O)(=O)C=Cc1ccc2[nH]cc(C3CCN(C)CC3)c2c1. The fourth-order valence-corrected chi connectivity index (χ4v) is 3.76. The second-order valence-electron chi connectivity index (χ2n) is 6.38. The Labute approximate surface area is 138 Å². The normalized spacial score (nSPS) is 18.2. The van der Waals surface area contributed by atoms with E-state index in [1.807, 2.05) is 12.1 Å². The van der Waals surface area contributed by atoms with Gasteiger partial charge < -0.3 is 9.88 Å². The number of piperidine rings is 1. The molecular formula is C18H24N2O2S. The summed E-state index contributed by atoms with van der Waals surface area (Å²) in [6.07, 6.45) is 6.17. The molecule has 0 amide bonds. The number of rotatable bonds is 4. The number of fused-ring (bicyclic) bond motifs is 1. The maximum absolute atomic E-state index is 11.6. The standard InChI is InChI=1S/C18H24N2O2S/c1-3-23(21,22)11-8-14-4-5-18-16(12-14)17(13-19-18)15-6-9-20(2)10-7-15/h4-5,8,11-13,15,19H,3,6-7,9-10H2,1-2H3. The highest BCUT2D eigenvalue weighted by molar-refractivity contribution is 7.94. The quantitative estimate of drug-likeness (QED) is 0.934. The number of nitrogens with zero attached hydrogens (tertiary/aromatic N) is 1. The molecule has 1 aromatic carbocycles. The first-order valence-electron chi connectivity index (χ1n) is 8.19. The molecule has 4 nitrogen and oxygen atoms in total. The van der Waals surface area contributed by atoms with Gasteiger partial charge in [0.05, 0.1) is 5.75 Å². The van der Waals surface area contributed by atoms with Crippen LogP contribution in [0.2, 0.25) is 0 Å². The van der Waals surface area contributed by atoms with E-state index in [-0.39, 0.29) is 5.75 Å². The first-order valence-corrected chi connectivity index (χ1v) is 9.90. The van der Waals surface area contributed by atoms with Crippen LogP contribution >= 0.6 is 0 Å². The van der Waals surface area contributed by atoms with Gasteiger partial charge in [-0.2, -0.15) is 0 Å². The maximum Gasteiger partial charge on any atom is 0.171 e. The highest BCUT2D eigenvalue weighted by atomic mass is 32.2. The zero-order valence-corrected chi connectivity index (χ0v) is 14.6. The van der Waals surface area contributed by atoms with E-state index in [0.29, 0.717) is 5.92 Å². The van der Waals surface area contributed by atoms with Gasteiger partial charge in [-0.15, -0.1) is 0 Å². The van der Waals surface area contributed by atoms with Crippen molar-refractivity contribution in [1.82, 2.24) is 9.88 Å². The maximum atomic E-state index is 11.6. The Hall–Kier alpha value is -1.59. The Morgan fingerprint density at radius 2 is 2.04 bits per heavy atom. The third-order valence-corrected chi connectivity index (χ3v) is 6.12. The van der Waals surface area contributed by atoms with Crippen molar-refractivity contribution in [2.75, 3.05) is 25.9 Å². The summed E-state index contributed by atoms with van der Waals surface area (Å²) < 4.78 is 23.3. The smallest absolute Gasteiger partial charge is 0.171 e. The molecule has 2 aromatic rings. The third-order valence-electron chi connectivity index (χ3n) is 4.77. The van der Waals surface area contributed by atoms with Gasteiger partial charge in [-0.05, 0) is 68.2 Å². The summed E-state index contributed by atoms with van der Waals surface area (Å²) in [6, 6.07) is 6.09. The molecular weight excluding hydrogens is 308 g/mol. The molecule has 1 saturated heterocycles. The van der Waals surface area contributed by atoms with Crippen LogP contribution in [0.4, 0.5) is 0 Å². The van der Waals surface area contributed by atoms with Crippen LogP contribution in [0.25, 0.3) is 17.0 Å². The van der Waals surface area contributed by atoms with E-state index < -0.39 is 9.84 Å². The lowest BCUT2D eigenvalue weighted by Crippen LogP contribution is -2.29. The molecule has 1 fully saturated rings. The monoisotopic (exact) mass is 332 g/mol. The van der Waals surface area contributed by atoms with Crippen LogP contribution < -0.4 is 0 Å². The molecule has 1 N–H and O–H groups in total. The van der Waals surface area contributed by atoms with Crippen molar-refractivity contribution in [2.24, 2.45) is 0 Å². The van der Waals surface area contributed by atoms with Crippen molar-refractivity contribution in [3.05, 3.63) is 40.9 Å². The predicted octanol–water partition coefficient (Wildman–Crippen LogP) is 3.38. The molecule has 0 aliphatic carbocycles. The summed E-state index contributed by atoms with van der Waals surface area (Å²) in [5.74, 6) is 0.718. The highest BCUT2D eigenvalue weighted by Crippen LogP contribution is 2.33. The Kier molecular flexibility index (Phi) is 4.60. The molecule has 5 heteroatoms. The number of aromatic nitrogens is 1. The van der Waals surface area contributed by atoms with Crippen molar-refractivity contribution in [2.45, 2.75) is 25.7 Å². The molecule has 1 aliphatic rings. The largest absolute Gasteiger partial charge is 0.361 e. The Balaban J connectivity index is 1.91. The summed E-state index contributed by atoms with van der Waals surface area (Å²) in [5, 5.41) is 2.53. The predicted molar refractivity (Wildman–Crippen MR) is 96.3 cm³/mol. The summed E-state index contributed by atoms with van der Waals surface area (Å²) >= 11 is 0. The van der Waals surface area contributed by atoms with E-state index in [1.54, 1.807) is 13.0 Å². The lowest BCUT2D eigenvalue weighted by atomic mass is 9.89. The van der Waals surface area contributed by atoms with Gasteiger partial charge in [0.15, 0.2) is 9.84 Å². The van der Waals surface area contributed by atoms with Crippen LogP contribution in [0, 0.1) is 0 Å². The van der Waals surface area contributed by atoms with Crippen LogP contribution in [0.5, 0.6) is 0 Å². The minimum Gasteiger partial charge on any atom is -0.361 e. The number of sulfone groups is 1. The van der Waals surface area contributed by atoms with Crippen LogP contribution in [-0.2, 0) is 9.84 Å². The average Bonchev–Trinajstić information content (AvgIpc) is 2.97. The summed E-state index contributed by atoms with van der Waals surface area (Å²) in [7, 11) is -0.919. The number of hydrogen-bond acceptors (Lipinski definition) is 3. The molecule has 3 rings (SSSR count). The first-order chi connectivity index (χ1) is 11.0. The number of hydrogen-bond donors (Lipinski definition) is 1. The molecule has 23 heavy (non-hydrogen) atoms. The lowest BCUT2D eigenvalue weighted by Gasteiger charge is -2.28. The van der Waals surface area contributed by atoms with Gasteiger partial charge in [0.1, 0.15) is 0 Å². The summed E-state index contributed by atoms with van der Waals surface area (Å²) in [6.45, 7) is 3.92. The molecule has 0 radical (unpaired) electrons. The Morgan fingerprint density at radius 1 is 1.30 bits per heavy atom. The number of likely N-dealkylation sites (tertiary alicyclic amines) is 1. The topological polar surface area (TPSA) is 53.2 Å². The number of aromatic amines is 1. The van der Waals surface area contributed by atoms with Crippen molar-refractivity contribution < 1.29 is 8.42 Å². The summed E-state index contributed by atoms with van der Waals surface area (Å²) in [4.78, 5) is 5.72. The minimum absolute atomic E-state index is 0.136. The van der Waals surface area contributed by atoms with E-state index in [4.69, 9.17) is 0 Å². The number of benzene rings is 1. The highest BCUT2D eigenvalue weighted by Gasteiger charge is 2.21. The fraction of sp³-hybridized carbons (Fsp3) is 0.444. The zero-order valence-electron chi connectivity index (χ0n) is 13.7. The zero-order chi connectivity index (χ0) is 16.4. The Bertz CT molecular complexity index is 813. The molecule has 1 aliphatic heterocycles. The molecule has 124 valence electrons. The van der Waals surface area contributed by atoms with Crippen molar-refractivity contribution in [1.29, 1.82) is 0 Å². The van der Waals surface area contributed by atoms with Gasteiger partial charge in [0.25, 0.3) is 0 Å². The molecule has 0 saturated carbocycles. The van der Waals surface area contributed by atoms with Crippen molar-refractivity contribution >= 4 is 26.8 Å². The number of H-pyrrole nitrogens is 1. The van der Waals surface area contributed by atoms with Gasteiger partial charge in [0.2, 0.25) is 0 Å². The molecule has 2 heterocycles. The summed E-state index contributed by atoms with van der Waals surface area (Å²) in [5.41, 5.74) is 3.42. The second kappa shape index (κ2) is 6.49. The van der Waals surface area contributed by atoms with Crippen LogP contribution in [-0.4, -0.2) is 44.2 Å². The van der Waals surface area contributed by atoms with Crippen LogP contribution in [0.1, 0.15) is 36.8 Å². The van der Waals surface area contributed by atoms with Crippen LogP contribution in [0.3, 0.4) is 0 Å². The molecule has 0 unspecified atom stereocenters. The molecule has 0 atom stereocenters. The van der Waals surface area contributed by atoms with Crippen molar-refractivity contribution in [3.63, 3.8) is 0 Å². The molecule has 0 bridgehead atoms. The van der Waals surface area contributed by atoms with Crippen molar-refractivity contribution in [3.8, 4) is 0 Å². The third kappa shape index (κ3) is 3.67. The van der Waals surface area contributed by atoms with E-state index in [1.165, 1.54) is 29.2 Å². The van der Waals surface area contributed by atoms with Gasteiger partial charge in [0, 0.05) is 22.5 Å². The van der Waals surface area contributed by atoms with E-state index >= 15 is 0 Å².